The van der Waals surface area contributed by atoms with Gasteiger partial charge in [-0.25, -0.2) is 4.39 Å². The molecule has 0 unspecified atom stereocenters. The van der Waals surface area contributed by atoms with Crippen molar-refractivity contribution in [2.24, 2.45) is 9.98 Å². The molecule has 0 bridgehead atoms. The molecule has 3 aromatic carbocycles. The van der Waals surface area contributed by atoms with E-state index in [4.69, 9.17) is 9.98 Å². The summed E-state index contributed by atoms with van der Waals surface area (Å²) in [6.45, 7) is 0. The number of benzene rings is 3. The van der Waals surface area contributed by atoms with Crippen molar-refractivity contribution >= 4 is 22.8 Å². The van der Waals surface area contributed by atoms with Crippen LogP contribution in [-0.2, 0) is 0 Å². The molecule has 0 amide bonds. The lowest BCUT2D eigenvalue weighted by atomic mass is 9.92. The number of nitrogens with one attached hydrogen (secondary N) is 1. The molecule has 4 aromatic rings. The maximum absolute atomic E-state index is 13.8. The van der Waals surface area contributed by atoms with Gasteiger partial charge in [-0.15, -0.1) is 0 Å². The molecule has 5 rings (SSSR count). The predicted molar refractivity (Wildman–Crippen MR) is 112 cm³/mol. The van der Waals surface area contributed by atoms with Gasteiger partial charge in [0.25, 0.3) is 0 Å². The number of aromatic amines is 1. The minimum atomic E-state index is -0.261. The van der Waals surface area contributed by atoms with Crippen LogP contribution in [0.4, 0.5) is 4.39 Å². The van der Waals surface area contributed by atoms with Gasteiger partial charge >= 0.3 is 0 Å². The van der Waals surface area contributed by atoms with Crippen molar-refractivity contribution in [1.82, 2.24) is 4.98 Å². The van der Waals surface area contributed by atoms with Crippen molar-refractivity contribution < 1.29 is 4.39 Å². The second-order valence-electron chi connectivity index (χ2n) is 6.90. The Kier molecular flexibility index (Phi) is 4.09. The van der Waals surface area contributed by atoms with Crippen molar-refractivity contribution in [2.75, 3.05) is 0 Å². The summed E-state index contributed by atoms with van der Waals surface area (Å²) in [6, 6.07) is 24.9. The molecule has 1 aromatic heterocycles. The quantitative estimate of drug-likeness (QED) is 0.485. The summed E-state index contributed by atoms with van der Waals surface area (Å²) in [5, 5.41) is 0.815. The Hall–Kier alpha value is -3.53. The molecule has 0 radical (unpaired) electrons. The molecule has 28 heavy (non-hydrogen) atoms. The number of aliphatic imine (C=N–C) groups is 2. The summed E-state index contributed by atoms with van der Waals surface area (Å²) in [5.41, 5.74) is 4.75. The molecule has 1 N–H and O–H groups in total. The van der Waals surface area contributed by atoms with E-state index in [1.165, 1.54) is 6.07 Å². The van der Waals surface area contributed by atoms with Crippen LogP contribution < -0.4 is 0 Å². The minimum Gasteiger partial charge on any atom is -0.360 e. The van der Waals surface area contributed by atoms with Gasteiger partial charge in [0, 0.05) is 28.9 Å². The van der Waals surface area contributed by atoms with Gasteiger partial charge in [0.05, 0.1) is 5.71 Å². The number of halogens is 1. The fraction of sp³-hybridized carbons (Fsp3) is 0.0833. The molecule has 2 heterocycles. The molecule has 1 aliphatic rings. The molecule has 1 aliphatic heterocycles. The molecule has 136 valence electrons. The molecule has 3 nitrogen and oxygen atoms in total. The second kappa shape index (κ2) is 6.89. The van der Waals surface area contributed by atoms with Crippen LogP contribution in [0.3, 0.4) is 0 Å². The third-order valence-electron chi connectivity index (χ3n) is 5.14. The van der Waals surface area contributed by atoms with Gasteiger partial charge in [-0.2, -0.15) is 0 Å². The summed E-state index contributed by atoms with van der Waals surface area (Å²) in [4.78, 5) is 13.1. The molecule has 2 atom stereocenters. The van der Waals surface area contributed by atoms with E-state index in [1.54, 1.807) is 12.1 Å². The Morgan fingerprint density at radius 3 is 2.18 bits per heavy atom. The summed E-state index contributed by atoms with van der Waals surface area (Å²) in [6.07, 6.45) is 3.69. The van der Waals surface area contributed by atoms with Gasteiger partial charge in [-0.1, -0.05) is 60.7 Å². The van der Waals surface area contributed by atoms with Crippen LogP contribution in [0.1, 0.15) is 28.8 Å². The third-order valence-corrected chi connectivity index (χ3v) is 5.14. The fourth-order valence-electron chi connectivity index (χ4n) is 3.76. The monoisotopic (exact) mass is 367 g/mol. The highest BCUT2D eigenvalue weighted by Crippen LogP contribution is 2.38. The summed E-state index contributed by atoms with van der Waals surface area (Å²) >= 11 is 0. The molecule has 0 saturated heterocycles. The van der Waals surface area contributed by atoms with Crippen LogP contribution in [0, 0.1) is 5.82 Å². The van der Waals surface area contributed by atoms with Crippen LogP contribution in [0.25, 0.3) is 10.9 Å². The van der Waals surface area contributed by atoms with E-state index in [9.17, 15) is 4.39 Å². The van der Waals surface area contributed by atoms with E-state index in [-0.39, 0.29) is 17.9 Å². The summed E-state index contributed by atoms with van der Waals surface area (Å²) in [5.74, 6) is -0.261. The first-order valence-electron chi connectivity index (χ1n) is 9.27. The van der Waals surface area contributed by atoms with E-state index < -0.39 is 0 Å². The van der Waals surface area contributed by atoms with Crippen molar-refractivity contribution in [3.8, 4) is 0 Å². The number of aromatic nitrogens is 1. The molecule has 4 heteroatoms. The normalized spacial score (nSPS) is 19.0. The molecule has 0 aliphatic carbocycles. The first-order chi connectivity index (χ1) is 13.8. The molecular formula is C24H18FN3. The van der Waals surface area contributed by atoms with Crippen LogP contribution in [0.5, 0.6) is 0 Å². The average Bonchev–Trinajstić information content (AvgIpc) is 3.17. The largest absolute Gasteiger partial charge is 0.360 e. The highest BCUT2D eigenvalue weighted by atomic mass is 19.1. The highest BCUT2D eigenvalue weighted by Gasteiger charge is 2.27. The van der Waals surface area contributed by atoms with Gasteiger partial charge in [0.2, 0.25) is 0 Å². The molecular weight excluding hydrogens is 349 g/mol. The van der Waals surface area contributed by atoms with Crippen molar-refractivity contribution in [3.63, 3.8) is 0 Å². The Morgan fingerprint density at radius 1 is 0.786 bits per heavy atom. The van der Waals surface area contributed by atoms with E-state index >= 15 is 0 Å². The zero-order chi connectivity index (χ0) is 18.9. The van der Waals surface area contributed by atoms with Gasteiger partial charge in [0.1, 0.15) is 17.9 Å². The summed E-state index contributed by atoms with van der Waals surface area (Å²) in [7, 11) is 0. The zero-order valence-electron chi connectivity index (χ0n) is 15.1. The van der Waals surface area contributed by atoms with E-state index in [0.29, 0.717) is 0 Å². The Morgan fingerprint density at radius 2 is 1.46 bits per heavy atom. The number of H-pyrrole nitrogens is 1. The third kappa shape index (κ3) is 2.93. The SMILES string of the molecule is Fc1ccc2[nH]cc(C3=N[C@H](c4ccccc4)[C@@H](c4ccccc4)N=C3)c2c1. The first kappa shape index (κ1) is 16.6. The fourth-order valence-corrected chi connectivity index (χ4v) is 3.76. The minimum absolute atomic E-state index is 0.0886. The van der Waals surface area contributed by atoms with Crippen molar-refractivity contribution in [2.45, 2.75) is 12.1 Å². The standard InChI is InChI=1S/C24H18FN3/c25-18-11-12-21-19(13-18)20(14-26-21)22-15-27-23(16-7-3-1-4-8-16)24(28-22)17-9-5-2-6-10-17/h1-15,23-24,26H/t23-,24-/m1/s1. The van der Waals surface area contributed by atoms with E-state index in [2.05, 4.69) is 29.2 Å². The Bertz CT molecular complexity index is 1180. The van der Waals surface area contributed by atoms with Gasteiger partial charge in [0.15, 0.2) is 0 Å². The predicted octanol–water partition coefficient (Wildman–Crippen LogP) is 5.66. The Balaban J connectivity index is 1.63. The smallest absolute Gasteiger partial charge is 0.123 e. The molecule has 0 fully saturated rings. The molecule has 0 saturated carbocycles. The lowest BCUT2D eigenvalue weighted by Gasteiger charge is -2.25. The van der Waals surface area contributed by atoms with Crippen LogP contribution >= 0.6 is 0 Å². The van der Waals surface area contributed by atoms with Gasteiger partial charge < -0.3 is 4.98 Å². The zero-order valence-corrected chi connectivity index (χ0v) is 15.1. The lowest BCUT2D eigenvalue weighted by molar-refractivity contribution is 0.577. The average molecular weight is 367 g/mol. The van der Waals surface area contributed by atoms with Crippen molar-refractivity contribution in [3.05, 3.63) is 108 Å². The van der Waals surface area contributed by atoms with Crippen LogP contribution in [-0.4, -0.2) is 16.9 Å². The second-order valence-corrected chi connectivity index (χ2v) is 6.90. The van der Waals surface area contributed by atoms with E-state index in [0.717, 1.165) is 33.3 Å². The number of rotatable bonds is 3. The van der Waals surface area contributed by atoms with Crippen LogP contribution in [0.2, 0.25) is 0 Å². The Labute approximate surface area is 162 Å². The van der Waals surface area contributed by atoms with E-state index in [1.807, 2.05) is 48.8 Å². The summed E-state index contributed by atoms with van der Waals surface area (Å²) < 4.78 is 13.8. The van der Waals surface area contributed by atoms with Crippen LogP contribution in [0.15, 0.2) is 95.0 Å². The van der Waals surface area contributed by atoms with Gasteiger partial charge in [-0.05, 0) is 29.3 Å². The lowest BCUT2D eigenvalue weighted by Crippen LogP contribution is -2.18. The first-order valence-corrected chi connectivity index (χ1v) is 9.27. The maximum Gasteiger partial charge on any atom is 0.123 e. The number of hydrogen-bond acceptors (Lipinski definition) is 2. The van der Waals surface area contributed by atoms with Crippen molar-refractivity contribution in [1.29, 1.82) is 0 Å². The number of hydrogen-bond donors (Lipinski definition) is 1. The maximum atomic E-state index is 13.8. The van der Waals surface area contributed by atoms with Gasteiger partial charge in [-0.3, -0.25) is 9.98 Å². The highest BCUT2D eigenvalue weighted by molar-refractivity contribution is 6.41. The topological polar surface area (TPSA) is 40.5 Å². The number of nitrogens with zero attached hydrogens (tertiary/aromatic N) is 2. The molecule has 0 spiro atoms. The number of fused-ring (bicyclic) bond motifs is 1.